The zero-order chi connectivity index (χ0) is 15.9. The van der Waals surface area contributed by atoms with Crippen LogP contribution in [0.1, 0.15) is 17.5 Å². The van der Waals surface area contributed by atoms with Crippen LogP contribution in [0.5, 0.6) is 0 Å². The third-order valence-corrected chi connectivity index (χ3v) is 4.49. The van der Waals surface area contributed by atoms with E-state index in [9.17, 15) is 4.79 Å². The molecule has 0 saturated carbocycles. The van der Waals surface area contributed by atoms with E-state index in [0.29, 0.717) is 13.0 Å². The average molecular weight is 321 g/mol. The number of amides is 1. The first-order valence-electron chi connectivity index (χ1n) is 7.73. The maximum Gasteiger partial charge on any atom is 0.227 e. The first-order chi connectivity index (χ1) is 11.3. The van der Waals surface area contributed by atoms with Crippen LogP contribution in [-0.4, -0.2) is 5.91 Å². The lowest BCUT2D eigenvalue weighted by Gasteiger charge is -2.23. The minimum Gasteiger partial charge on any atom is -0.308 e. The van der Waals surface area contributed by atoms with Crippen molar-refractivity contribution >= 4 is 22.9 Å². The van der Waals surface area contributed by atoms with Crippen molar-refractivity contribution in [2.24, 2.45) is 0 Å². The van der Waals surface area contributed by atoms with Gasteiger partial charge in [0, 0.05) is 12.1 Å². The minimum absolute atomic E-state index is 0.159. The number of aryl methyl sites for hydroxylation is 1. The minimum atomic E-state index is 0.159. The van der Waals surface area contributed by atoms with E-state index in [-0.39, 0.29) is 5.91 Å². The van der Waals surface area contributed by atoms with Gasteiger partial charge in [0.05, 0.1) is 6.54 Å². The van der Waals surface area contributed by atoms with Crippen LogP contribution in [0.25, 0.3) is 0 Å². The molecule has 0 aliphatic carbocycles. The van der Waals surface area contributed by atoms with E-state index in [0.717, 1.165) is 17.7 Å². The van der Waals surface area contributed by atoms with Crippen LogP contribution in [0.4, 0.5) is 5.69 Å². The normalized spacial score (nSPS) is 10.4. The molecule has 1 amide bonds. The first-order valence-corrected chi connectivity index (χ1v) is 8.67. The molecule has 0 aliphatic rings. The van der Waals surface area contributed by atoms with Gasteiger partial charge in [-0.15, -0.1) is 0 Å². The van der Waals surface area contributed by atoms with Crippen molar-refractivity contribution in [3.8, 4) is 0 Å². The van der Waals surface area contributed by atoms with Crippen LogP contribution < -0.4 is 4.90 Å². The van der Waals surface area contributed by atoms with Crippen LogP contribution in [0, 0.1) is 0 Å². The summed E-state index contributed by atoms with van der Waals surface area (Å²) in [5, 5.41) is 4.16. The molecule has 0 N–H and O–H groups in total. The maximum absolute atomic E-state index is 12.8. The molecule has 2 aromatic carbocycles. The number of para-hydroxylation sites is 1. The predicted octanol–water partition coefficient (Wildman–Crippen LogP) is 4.91. The van der Waals surface area contributed by atoms with Gasteiger partial charge in [-0.05, 0) is 46.5 Å². The van der Waals surface area contributed by atoms with E-state index in [1.165, 1.54) is 5.56 Å². The third kappa shape index (κ3) is 4.30. The van der Waals surface area contributed by atoms with Crippen molar-refractivity contribution in [1.82, 2.24) is 0 Å². The Labute approximate surface area is 141 Å². The highest BCUT2D eigenvalue weighted by Gasteiger charge is 2.16. The molecule has 0 spiro atoms. The van der Waals surface area contributed by atoms with E-state index in [2.05, 4.69) is 29.0 Å². The van der Waals surface area contributed by atoms with Gasteiger partial charge < -0.3 is 4.90 Å². The second-order valence-electron chi connectivity index (χ2n) is 5.43. The molecule has 3 heteroatoms. The number of benzene rings is 2. The van der Waals surface area contributed by atoms with E-state index in [1.54, 1.807) is 11.3 Å². The zero-order valence-electron chi connectivity index (χ0n) is 12.9. The van der Waals surface area contributed by atoms with Gasteiger partial charge in [-0.25, -0.2) is 0 Å². The van der Waals surface area contributed by atoms with Gasteiger partial charge in [-0.2, -0.15) is 11.3 Å². The van der Waals surface area contributed by atoms with Crippen molar-refractivity contribution in [3.63, 3.8) is 0 Å². The fourth-order valence-electron chi connectivity index (χ4n) is 2.52. The Balaban J connectivity index is 1.75. The second kappa shape index (κ2) is 7.75. The zero-order valence-corrected chi connectivity index (χ0v) is 13.7. The van der Waals surface area contributed by atoms with Crippen molar-refractivity contribution in [2.45, 2.75) is 19.4 Å². The summed E-state index contributed by atoms with van der Waals surface area (Å²) in [5.41, 5.74) is 3.32. The molecule has 1 heterocycles. The first kappa shape index (κ1) is 15.5. The summed E-state index contributed by atoms with van der Waals surface area (Å²) in [6.07, 6.45) is 1.32. The van der Waals surface area contributed by atoms with Crippen molar-refractivity contribution < 1.29 is 4.79 Å². The van der Waals surface area contributed by atoms with Gasteiger partial charge in [-0.3, -0.25) is 4.79 Å². The molecule has 23 heavy (non-hydrogen) atoms. The highest BCUT2D eigenvalue weighted by Crippen LogP contribution is 2.19. The third-order valence-electron chi connectivity index (χ3n) is 3.76. The quantitative estimate of drug-likeness (QED) is 0.631. The van der Waals surface area contributed by atoms with Crippen molar-refractivity contribution in [1.29, 1.82) is 0 Å². The molecular weight excluding hydrogens is 302 g/mol. The van der Waals surface area contributed by atoms with Crippen LogP contribution in [0.3, 0.4) is 0 Å². The SMILES string of the molecule is O=C(CCc1ccsc1)N(Cc1ccccc1)c1ccccc1. The molecule has 0 aliphatic heterocycles. The van der Waals surface area contributed by atoms with Gasteiger partial charge in [0.1, 0.15) is 0 Å². The Hall–Kier alpha value is -2.39. The standard InChI is InChI=1S/C20H19NOS/c22-20(12-11-18-13-14-23-16-18)21(19-9-5-2-6-10-19)15-17-7-3-1-4-8-17/h1-10,13-14,16H,11-12,15H2. The Morgan fingerprint density at radius 1 is 0.870 bits per heavy atom. The number of hydrogen-bond acceptors (Lipinski definition) is 2. The lowest BCUT2D eigenvalue weighted by atomic mass is 10.1. The molecule has 116 valence electrons. The van der Waals surface area contributed by atoms with Crippen molar-refractivity contribution in [3.05, 3.63) is 88.6 Å². The maximum atomic E-state index is 12.8. The molecular formula is C20H19NOS. The fraction of sp³-hybridized carbons (Fsp3) is 0.150. The highest BCUT2D eigenvalue weighted by molar-refractivity contribution is 7.07. The summed E-state index contributed by atoms with van der Waals surface area (Å²) in [4.78, 5) is 14.6. The molecule has 1 aromatic heterocycles. The van der Waals surface area contributed by atoms with Gasteiger partial charge in [0.2, 0.25) is 5.91 Å². The van der Waals surface area contributed by atoms with E-state index >= 15 is 0 Å². The van der Waals surface area contributed by atoms with Crippen LogP contribution in [0.2, 0.25) is 0 Å². The van der Waals surface area contributed by atoms with E-state index in [4.69, 9.17) is 0 Å². The number of hydrogen-bond donors (Lipinski definition) is 0. The summed E-state index contributed by atoms with van der Waals surface area (Å²) in [6.45, 7) is 0.604. The molecule has 0 saturated heterocycles. The summed E-state index contributed by atoms with van der Waals surface area (Å²) in [5.74, 6) is 0.159. The summed E-state index contributed by atoms with van der Waals surface area (Å²) >= 11 is 1.67. The number of carbonyl (C=O) groups is 1. The van der Waals surface area contributed by atoms with Crippen LogP contribution in [0.15, 0.2) is 77.5 Å². The number of thiophene rings is 1. The fourth-order valence-corrected chi connectivity index (χ4v) is 3.22. The average Bonchev–Trinajstić information content (AvgIpc) is 3.13. The molecule has 0 fully saturated rings. The summed E-state index contributed by atoms with van der Waals surface area (Å²) in [6, 6.07) is 22.1. The van der Waals surface area contributed by atoms with Gasteiger partial charge in [0.15, 0.2) is 0 Å². The summed E-state index contributed by atoms with van der Waals surface area (Å²) in [7, 11) is 0. The van der Waals surface area contributed by atoms with Crippen molar-refractivity contribution in [2.75, 3.05) is 4.90 Å². The molecule has 0 atom stereocenters. The van der Waals surface area contributed by atoms with Gasteiger partial charge >= 0.3 is 0 Å². The van der Waals surface area contributed by atoms with Gasteiger partial charge in [0.25, 0.3) is 0 Å². The smallest absolute Gasteiger partial charge is 0.227 e. The Morgan fingerprint density at radius 2 is 1.57 bits per heavy atom. The Bertz CT molecular complexity index is 723. The molecule has 0 bridgehead atoms. The molecule has 0 unspecified atom stereocenters. The number of anilines is 1. The monoisotopic (exact) mass is 321 g/mol. The molecule has 2 nitrogen and oxygen atoms in total. The Morgan fingerprint density at radius 3 is 2.22 bits per heavy atom. The molecule has 0 radical (unpaired) electrons. The molecule has 3 aromatic rings. The second-order valence-corrected chi connectivity index (χ2v) is 6.21. The Kier molecular flexibility index (Phi) is 5.22. The van der Waals surface area contributed by atoms with E-state index < -0.39 is 0 Å². The van der Waals surface area contributed by atoms with Gasteiger partial charge in [-0.1, -0.05) is 48.5 Å². The summed E-state index contributed by atoms with van der Waals surface area (Å²) < 4.78 is 0. The molecule has 3 rings (SSSR count). The van der Waals surface area contributed by atoms with Crippen LogP contribution >= 0.6 is 11.3 Å². The number of carbonyl (C=O) groups excluding carboxylic acids is 1. The topological polar surface area (TPSA) is 20.3 Å². The highest BCUT2D eigenvalue weighted by atomic mass is 32.1. The van der Waals surface area contributed by atoms with Crippen LogP contribution in [-0.2, 0) is 17.8 Å². The largest absolute Gasteiger partial charge is 0.308 e. The lowest BCUT2D eigenvalue weighted by Crippen LogP contribution is -2.30. The number of rotatable bonds is 6. The van der Waals surface area contributed by atoms with E-state index in [1.807, 2.05) is 53.4 Å². The predicted molar refractivity (Wildman–Crippen MR) is 96.7 cm³/mol. The number of nitrogens with zero attached hydrogens (tertiary/aromatic N) is 1. The lowest BCUT2D eigenvalue weighted by molar-refractivity contribution is -0.118.